The van der Waals surface area contributed by atoms with Crippen molar-refractivity contribution in [3.05, 3.63) is 33.0 Å². The molecule has 1 atom stereocenters. The summed E-state index contributed by atoms with van der Waals surface area (Å²) in [5.74, 6) is 0. The Morgan fingerprint density at radius 3 is 2.83 bits per heavy atom. The topological polar surface area (TPSA) is 42.7 Å². The van der Waals surface area contributed by atoms with Gasteiger partial charge in [-0.25, -0.2) is 4.98 Å². The average Bonchev–Trinajstić information content (AvgIpc) is 2.86. The van der Waals surface area contributed by atoms with Gasteiger partial charge in [0.15, 0.2) is 0 Å². The van der Waals surface area contributed by atoms with E-state index in [2.05, 4.69) is 27.7 Å². The Kier molecular flexibility index (Phi) is 4.37. The third kappa shape index (κ3) is 2.91. The number of thiazole rings is 1. The average molecular weight is 285 g/mol. The van der Waals surface area contributed by atoms with Gasteiger partial charge in [0.05, 0.1) is 33.7 Å². The van der Waals surface area contributed by atoms with Gasteiger partial charge in [-0.3, -0.25) is 4.68 Å². The highest BCUT2D eigenvalue weighted by Crippen LogP contribution is 2.25. The van der Waals surface area contributed by atoms with Gasteiger partial charge in [0.1, 0.15) is 0 Å². The highest BCUT2D eigenvalue weighted by Gasteiger charge is 2.19. The van der Waals surface area contributed by atoms with Crippen molar-refractivity contribution in [3.63, 3.8) is 0 Å². The number of aryl methyl sites for hydroxylation is 2. The Morgan fingerprint density at radius 2 is 2.33 bits per heavy atom. The molecule has 98 valence electrons. The van der Waals surface area contributed by atoms with Crippen LogP contribution in [0.3, 0.4) is 0 Å². The van der Waals surface area contributed by atoms with E-state index in [0.717, 1.165) is 29.4 Å². The van der Waals surface area contributed by atoms with Crippen LogP contribution in [0.4, 0.5) is 0 Å². The molecule has 2 aromatic rings. The molecule has 0 spiro atoms. The van der Waals surface area contributed by atoms with E-state index in [1.165, 1.54) is 0 Å². The number of nitrogens with one attached hydrogen (secondary N) is 1. The van der Waals surface area contributed by atoms with E-state index >= 15 is 0 Å². The van der Waals surface area contributed by atoms with Gasteiger partial charge in [0, 0.05) is 18.8 Å². The molecule has 0 aliphatic rings. The first kappa shape index (κ1) is 13.5. The molecule has 0 aliphatic carbocycles. The van der Waals surface area contributed by atoms with Crippen LogP contribution in [0.5, 0.6) is 0 Å². The molecule has 0 amide bonds. The van der Waals surface area contributed by atoms with Gasteiger partial charge in [0.25, 0.3) is 0 Å². The minimum atomic E-state index is 0.150. The fourth-order valence-corrected chi connectivity index (χ4v) is 2.96. The van der Waals surface area contributed by atoms with E-state index in [9.17, 15) is 0 Å². The van der Waals surface area contributed by atoms with Gasteiger partial charge >= 0.3 is 0 Å². The molecule has 2 rings (SSSR count). The Bertz CT molecular complexity index is 500. The number of rotatable bonds is 5. The van der Waals surface area contributed by atoms with Gasteiger partial charge < -0.3 is 5.32 Å². The number of likely N-dealkylation sites (N-methyl/N-ethyl adjacent to an activating group) is 1. The third-order valence-electron chi connectivity index (χ3n) is 2.80. The van der Waals surface area contributed by atoms with Crippen LogP contribution >= 0.6 is 22.9 Å². The lowest BCUT2D eigenvalue weighted by Gasteiger charge is -2.17. The molecular weight excluding hydrogens is 268 g/mol. The van der Waals surface area contributed by atoms with Crippen molar-refractivity contribution in [2.45, 2.75) is 26.3 Å². The van der Waals surface area contributed by atoms with Crippen LogP contribution in [0.2, 0.25) is 5.02 Å². The van der Waals surface area contributed by atoms with E-state index in [4.69, 9.17) is 11.6 Å². The summed E-state index contributed by atoms with van der Waals surface area (Å²) in [5, 5.41) is 11.5. The summed E-state index contributed by atoms with van der Waals surface area (Å²) in [7, 11) is 1.91. The fourth-order valence-electron chi connectivity index (χ4n) is 2.04. The lowest BCUT2D eigenvalue weighted by molar-refractivity contribution is 0.504. The summed E-state index contributed by atoms with van der Waals surface area (Å²) in [6.45, 7) is 4.99. The molecule has 1 N–H and O–H groups in total. The number of aromatic nitrogens is 3. The highest BCUT2D eigenvalue weighted by atomic mass is 35.5. The molecule has 0 radical (unpaired) electrons. The maximum Gasteiger partial charge on any atom is 0.0897 e. The number of hydrogen-bond acceptors (Lipinski definition) is 4. The van der Waals surface area contributed by atoms with E-state index < -0.39 is 0 Å². The third-order valence-corrected chi connectivity index (χ3v) is 3.91. The maximum absolute atomic E-state index is 6.21. The van der Waals surface area contributed by atoms with Gasteiger partial charge in [-0.05, 0) is 13.5 Å². The molecule has 2 heterocycles. The SMILES string of the molecule is CCNC(Cc1csc(C)n1)c1c(Cl)cnn1C. The second-order valence-corrected chi connectivity index (χ2v) is 5.64. The smallest absolute Gasteiger partial charge is 0.0897 e. The monoisotopic (exact) mass is 284 g/mol. The Hall–Kier alpha value is -0.910. The Labute approximate surface area is 116 Å². The first-order chi connectivity index (χ1) is 8.61. The van der Waals surface area contributed by atoms with Crippen molar-refractivity contribution in [1.29, 1.82) is 0 Å². The lowest BCUT2D eigenvalue weighted by atomic mass is 10.1. The van der Waals surface area contributed by atoms with Crippen molar-refractivity contribution in [2.24, 2.45) is 7.05 Å². The summed E-state index contributed by atoms with van der Waals surface area (Å²) in [6, 6.07) is 0.150. The van der Waals surface area contributed by atoms with Crippen molar-refractivity contribution in [1.82, 2.24) is 20.1 Å². The van der Waals surface area contributed by atoms with E-state index in [-0.39, 0.29) is 6.04 Å². The molecule has 0 saturated heterocycles. The normalized spacial score (nSPS) is 12.9. The summed E-state index contributed by atoms with van der Waals surface area (Å²) in [5.41, 5.74) is 2.12. The Balaban J connectivity index is 2.23. The standard InChI is InChI=1S/C12H17ClN4S/c1-4-14-11(5-9-7-18-8(2)16-9)12-10(13)6-15-17(12)3/h6-7,11,14H,4-5H2,1-3H3. The first-order valence-corrected chi connectivity index (χ1v) is 7.19. The maximum atomic E-state index is 6.21. The van der Waals surface area contributed by atoms with Crippen molar-refractivity contribution in [3.8, 4) is 0 Å². The van der Waals surface area contributed by atoms with E-state index in [0.29, 0.717) is 5.02 Å². The van der Waals surface area contributed by atoms with Crippen LogP contribution in [-0.4, -0.2) is 21.3 Å². The summed E-state index contributed by atoms with van der Waals surface area (Å²) in [4.78, 5) is 4.51. The second-order valence-electron chi connectivity index (χ2n) is 4.17. The number of halogens is 1. The number of hydrogen-bond donors (Lipinski definition) is 1. The van der Waals surface area contributed by atoms with Crippen LogP contribution in [0, 0.1) is 6.92 Å². The molecule has 2 aromatic heterocycles. The largest absolute Gasteiger partial charge is 0.309 e. The minimum absolute atomic E-state index is 0.150. The zero-order valence-corrected chi connectivity index (χ0v) is 12.3. The molecular formula is C12H17ClN4S. The van der Waals surface area contributed by atoms with Crippen molar-refractivity contribution in [2.75, 3.05) is 6.54 Å². The van der Waals surface area contributed by atoms with Crippen LogP contribution < -0.4 is 5.32 Å². The molecule has 6 heteroatoms. The summed E-state index contributed by atoms with van der Waals surface area (Å²) >= 11 is 7.88. The molecule has 0 fully saturated rings. The highest BCUT2D eigenvalue weighted by molar-refractivity contribution is 7.09. The summed E-state index contributed by atoms with van der Waals surface area (Å²) in [6.07, 6.45) is 2.52. The van der Waals surface area contributed by atoms with Gasteiger partial charge in [-0.1, -0.05) is 18.5 Å². The summed E-state index contributed by atoms with van der Waals surface area (Å²) < 4.78 is 1.83. The fraction of sp³-hybridized carbons (Fsp3) is 0.500. The predicted molar refractivity (Wildman–Crippen MR) is 75.2 cm³/mol. The molecule has 0 saturated carbocycles. The van der Waals surface area contributed by atoms with E-state index in [1.807, 2.05) is 18.7 Å². The van der Waals surface area contributed by atoms with Crippen LogP contribution in [0.15, 0.2) is 11.6 Å². The van der Waals surface area contributed by atoms with Crippen LogP contribution in [0.25, 0.3) is 0 Å². The van der Waals surface area contributed by atoms with Crippen LogP contribution in [0.1, 0.15) is 29.4 Å². The van der Waals surface area contributed by atoms with E-state index in [1.54, 1.807) is 17.5 Å². The van der Waals surface area contributed by atoms with Crippen molar-refractivity contribution >= 4 is 22.9 Å². The van der Waals surface area contributed by atoms with Crippen LogP contribution in [-0.2, 0) is 13.5 Å². The molecule has 4 nitrogen and oxygen atoms in total. The molecule has 0 aliphatic heterocycles. The molecule has 1 unspecified atom stereocenters. The first-order valence-electron chi connectivity index (χ1n) is 5.93. The van der Waals surface area contributed by atoms with Gasteiger partial charge in [0.2, 0.25) is 0 Å². The predicted octanol–water partition coefficient (Wildman–Crippen LogP) is 2.73. The molecule has 0 bridgehead atoms. The van der Waals surface area contributed by atoms with Crippen molar-refractivity contribution < 1.29 is 0 Å². The Morgan fingerprint density at radius 1 is 1.56 bits per heavy atom. The minimum Gasteiger partial charge on any atom is -0.309 e. The second kappa shape index (κ2) is 5.82. The number of nitrogens with zero attached hydrogens (tertiary/aromatic N) is 3. The zero-order chi connectivity index (χ0) is 13.1. The molecule has 0 aromatic carbocycles. The zero-order valence-electron chi connectivity index (χ0n) is 10.8. The quantitative estimate of drug-likeness (QED) is 0.918. The van der Waals surface area contributed by atoms with Gasteiger partial charge in [-0.2, -0.15) is 5.10 Å². The molecule has 18 heavy (non-hydrogen) atoms. The van der Waals surface area contributed by atoms with Gasteiger partial charge in [-0.15, -0.1) is 11.3 Å². The lowest BCUT2D eigenvalue weighted by Crippen LogP contribution is -2.25.